The van der Waals surface area contributed by atoms with Gasteiger partial charge in [-0.25, -0.2) is 18.1 Å². The topological polar surface area (TPSA) is 79.4 Å². The van der Waals surface area contributed by atoms with Gasteiger partial charge in [0.2, 0.25) is 5.91 Å². The van der Waals surface area contributed by atoms with Crippen molar-refractivity contribution < 1.29 is 13.2 Å². The van der Waals surface area contributed by atoms with Crippen molar-refractivity contribution >= 4 is 38.9 Å². The Kier molecular flexibility index (Phi) is 5.59. The van der Waals surface area contributed by atoms with Crippen LogP contribution in [0.1, 0.15) is 31.4 Å². The number of sulfonamides is 1. The lowest BCUT2D eigenvalue weighted by Crippen LogP contribution is -2.37. The number of piperidine rings is 1. The van der Waals surface area contributed by atoms with E-state index in [0.29, 0.717) is 5.69 Å². The first-order valence-corrected chi connectivity index (χ1v) is 9.48. The van der Waals surface area contributed by atoms with Crippen LogP contribution >= 0.6 is 22.9 Å². The van der Waals surface area contributed by atoms with Gasteiger partial charge in [0.15, 0.2) is 8.68 Å². The largest absolute Gasteiger partial charge is 0.343 e. The maximum absolute atomic E-state index is 12.1. The average molecular weight is 352 g/mol. The number of nitrogens with one attached hydrogen (secondary N) is 1. The molecule has 0 spiro atoms. The first-order valence-electron chi connectivity index (χ1n) is 6.80. The van der Waals surface area contributed by atoms with Gasteiger partial charge in [0.25, 0.3) is 10.0 Å². The fraction of sp³-hybridized carbons (Fsp3) is 0.667. The normalized spacial score (nSPS) is 16.2. The van der Waals surface area contributed by atoms with Gasteiger partial charge in [-0.15, -0.1) is 0 Å². The molecule has 21 heavy (non-hydrogen) atoms. The maximum atomic E-state index is 12.1. The summed E-state index contributed by atoms with van der Waals surface area (Å²) in [6, 6.07) is 0. The number of hydrogen-bond donors (Lipinski definition) is 1. The summed E-state index contributed by atoms with van der Waals surface area (Å²) in [5, 5.41) is 0. The Labute approximate surface area is 133 Å². The minimum Gasteiger partial charge on any atom is -0.343 e. The Balaban J connectivity index is 1.87. The van der Waals surface area contributed by atoms with Gasteiger partial charge in [-0.1, -0.05) is 22.9 Å². The van der Waals surface area contributed by atoms with Crippen molar-refractivity contribution in [2.75, 3.05) is 19.6 Å². The Morgan fingerprint density at radius 1 is 1.38 bits per heavy atom. The standard InChI is InChI=1S/C12H18ClN3O3S2/c1-9-11(20-12(13)15-9)21(18,19)14-6-5-10(17)16-7-3-2-4-8-16/h14H,2-8H2,1H3. The SMILES string of the molecule is Cc1nc(Cl)sc1S(=O)(=O)NCCC(=O)N1CCCCC1. The summed E-state index contributed by atoms with van der Waals surface area (Å²) in [5.74, 6) is -0.00328. The van der Waals surface area contributed by atoms with E-state index < -0.39 is 10.0 Å². The molecule has 1 amide bonds. The molecule has 118 valence electrons. The van der Waals surface area contributed by atoms with Gasteiger partial charge in [0.05, 0.1) is 5.69 Å². The summed E-state index contributed by atoms with van der Waals surface area (Å²) in [6.07, 6.45) is 3.37. The van der Waals surface area contributed by atoms with Gasteiger partial charge in [-0.2, -0.15) is 0 Å². The number of aromatic nitrogens is 1. The third-order valence-electron chi connectivity index (χ3n) is 3.31. The van der Waals surface area contributed by atoms with Gasteiger partial charge >= 0.3 is 0 Å². The molecule has 1 aliphatic heterocycles. The van der Waals surface area contributed by atoms with Crippen LogP contribution in [0.4, 0.5) is 0 Å². The molecule has 0 unspecified atom stereocenters. The predicted molar refractivity (Wildman–Crippen MR) is 82.1 cm³/mol. The number of thiazole rings is 1. The number of hydrogen-bond acceptors (Lipinski definition) is 5. The summed E-state index contributed by atoms with van der Waals surface area (Å²) in [6.45, 7) is 3.23. The Morgan fingerprint density at radius 3 is 2.62 bits per heavy atom. The first-order chi connectivity index (χ1) is 9.90. The van der Waals surface area contributed by atoms with Crippen LogP contribution in [0.2, 0.25) is 4.47 Å². The number of carbonyl (C=O) groups excluding carboxylic acids is 1. The average Bonchev–Trinajstić information content (AvgIpc) is 2.79. The van der Waals surface area contributed by atoms with Crippen molar-refractivity contribution in [2.24, 2.45) is 0 Å². The monoisotopic (exact) mass is 351 g/mol. The highest BCUT2D eigenvalue weighted by atomic mass is 35.5. The molecular weight excluding hydrogens is 334 g/mol. The van der Waals surface area contributed by atoms with E-state index in [1.807, 2.05) is 0 Å². The van der Waals surface area contributed by atoms with Crippen molar-refractivity contribution in [2.45, 2.75) is 36.8 Å². The molecule has 2 heterocycles. The van der Waals surface area contributed by atoms with Crippen LogP contribution in [-0.4, -0.2) is 43.8 Å². The van der Waals surface area contributed by atoms with E-state index in [1.54, 1.807) is 11.8 Å². The van der Waals surface area contributed by atoms with Crippen LogP contribution in [0, 0.1) is 6.92 Å². The second-order valence-electron chi connectivity index (χ2n) is 4.93. The lowest BCUT2D eigenvalue weighted by Gasteiger charge is -2.26. The Bertz CT molecular complexity index is 609. The summed E-state index contributed by atoms with van der Waals surface area (Å²) in [4.78, 5) is 17.6. The highest BCUT2D eigenvalue weighted by Crippen LogP contribution is 2.26. The molecule has 1 aliphatic rings. The molecule has 6 nitrogen and oxygen atoms in total. The smallest absolute Gasteiger partial charge is 0.251 e. The number of carbonyl (C=O) groups is 1. The number of halogens is 1. The van der Waals surface area contributed by atoms with Gasteiger partial charge in [0.1, 0.15) is 0 Å². The maximum Gasteiger partial charge on any atom is 0.251 e. The van der Waals surface area contributed by atoms with E-state index in [1.165, 1.54) is 0 Å². The molecule has 0 atom stereocenters. The zero-order valence-electron chi connectivity index (χ0n) is 11.8. The van der Waals surface area contributed by atoms with Crippen LogP contribution in [0.15, 0.2) is 4.21 Å². The third kappa shape index (κ3) is 4.38. The van der Waals surface area contributed by atoms with Gasteiger partial charge in [-0.05, 0) is 26.2 Å². The molecule has 0 saturated carbocycles. The highest BCUT2D eigenvalue weighted by molar-refractivity contribution is 7.91. The number of likely N-dealkylation sites (tertiary alicyclic amines) is 1. The Hall–Kier alpha value is -0.700. The van der Waals surface area contributed by atoms with E-state index in [4.69, 9.17) is 11.6 Å². The van der Waals surface area contributed by atoms with Crippen molar-refractivity contribution in [3.63, 3.8) is 0 Å². The molecule has 9 heteroatoms. The molecule has 1 N–H and O–H groups in total. The minimum atomic E-state index is -3.65. The fourth-order valence-corrected chi connectivity index (χ4v) is 5.07. The zero-order valence-corrected chi connectivity index (χ0v) is 14.2. The number of nitrogens with zero attached hydrogens (tertiary/aromatic N) is 2. The summed E-state index contributed by atoms with van der Waals surface area (Å²) in [5.41, 5.74) is 0.375. The lowest BCUT2D eigenvalue weighted by atomic mass is 10.1. The molecule has 2 rings (SSSR count). The molecule has 1 aromatic rings. The number of aryl methyl sites for hydroxylation is 1. The molecule has 1 saturated heterocycles. The van der Waals surface area contributed by atoms with Crippen LogP contribution in [0.25, 0.3) is 0 Å². The summed E-state index contributed by atoms with van der Waals surface area (Å²) in [7, 11) is -3.65. The second-order valence-corrected chi connectivity index (χ2v) is 8.47. The van der Waals surface area contributed by atoms with Gasteiger partial charge in [0, 0.05) is 26.1 Å². The van der Waals surface area contributed by atoms with Crippen molar-refractivity contribution in [1.82, 2.24) is 14.6 Å². The van der Waals surface area contributed by atoms with Crippen molar-refractivity contribution in [1.29, 1.82) is 0 Å². The molecule has 0 radical (unpaired) electrons. The highest BCUT2D eigenvalue weighted by Gasteiger charge is 2.22. The van der Waals surface area contributed by atoms with E-state index in [2.05, 4.69) is 9.71 Å². The minimum absolute atomic E-state index is 0.00328. The number of amides is 1. The third-order valence-corrected chi connectivity index (χ3v) is 6.64. The molecule has 0 aliphatic carbocycles. The fourth-order valence-electron chi connectivity index (χ4n) is 2.26. The van der Waals surface area contributed by atoms with Gasteiger partial charge in [-0.3, -0.25) is 4.79 Å². The summed E-state index contributed by atoms with van der Waals surface area (Å²) >= 11 is 6.63. The van der Waals surface area contributed by atoms with Crippen molar-refractivity contribution in [3.05, 3.63) is 10.2 Å². The van der Waals surface area contributed by atoms with Crippen molar-refractivity contribution in [3.8, 4) is 0 Å². The van der Waals surface area contributed by atoms with E-state index in [9.17, 15) is 13.2 Å². The first kappa shape index (κ1) is 16.7. The summed E-state index contributed by atoms with van der Waals surface area (Å²) < 4.78 is 26.9. The van der Waals surface area contributed by atoms with Crippen LogP contribution in [0.3, 0.4) is 0 Å². The molecule has 0 bridgehead atoms. The second kappa shape index (κ2) is 7.04. The van der Waals surface area contributed by atoms with E-state index >= 15 is 0 Å². The van der Waals surface area contributed by atoms with Crippen LogP contribution in [0.5, 0.6) is 0 Å². The lowest BCUT2D eigenvalue weighted by molar-refractivity contribution is -0.131. The molecule has 1 aromatic heterocycles. The van der Waals surface area contributed by atoms with E-state index in [0.717, 1.165) is 43.7 Å². The predicted octanol–water partition coefficient (Wildman–Crippen LogP) is 1.79. The van der Waals surface area contributed by atoms with Crippen LogP contribution in [-0.2, 0) is 14.8 Å². The zero-order chi connectivity index (χ0) is 15.5. The quantitative estimate of drug-likeness (QED) is 0.877. The van der Waals surface area contributed by atoms with E-state index in [-0.39, 0.29) is 27.5 Å². The van der Waals surface area contributed by atoms with Gasteiger partial charge < -0.3 is 4.90 Å². The molecule has 0 aromatic carbocycles. The molecule has 1 fully saturated rings. The number of rotatable bonds is 5. The molecular formula is C12H18ClN3O3S2. The van der Waals surface area contributed by atoms with Crippen LogP contribution < -0.4 is 4.72 Å². The Morgan fingerprint density at radius 2 is 2.05 bits per heavy atom.